The van der Waals surface area contributed by atoms with Gasteiger partial charge >= 0.3 is 5.97 Å². The predicted molar refractivity (Wildman–Crippen MR) is 47.9 cm³/mol. The number of aliphatic carboxylic acids is 1. The number of carbonyl (C=O) groups is 2. The molecule has 0 heterocycles. The van der Waals surface area contributed by atoms with Gasteiger partial charge in [-0.2, -0.15) is 0 Å². The van der Waals surface area contributed by atoms with Gasteiger partial charge in [-0.15, -0.1) is 6.42 Å². The highest BCUT2D eigenvalue weighted by molar-refractivity contribution is 6.01. The molecule has 0 bridgehead atoms. The quantitative estimate of drug-likeness (QED) is 0.481. The Bertz CT molecular complexity index is 296. The van der Waals surface area contributed by atoms with E-state index in [0.717, 1.165) is 0 Å². The van der Waals surface area contributed by atoms with E-state index in [-0.39, 0.29) is 17.7 Å². The van der Waals surface area contributed by atoms with Crippen LogP contribution in [0.3, 0.4) is 0 Å². The van der Waals surface area contributed by atoms with Gasteiger partial charge in [-0.25, -0.2) is 4.79 Å². The van der Waals surface area contributed by atoms with Crippen molar-refractivity contribution in [3.8, 4) is 12.3 Å². The van der Waals surface area contributed by atoms with Crippen LogP contribution in [0.25, 0.3) is 0 Å². The van der Waals surface area contributed by atoms with Gasteiger partial charge < -0.3 is 10.4 Å². The largest absolute Gasteiger partial charge is 0.478 e. The normalized spacial score (nSPS) is 11.2. The van der Waals surface area contributed by atoms with E-state index in [9.17, 15) is 9.59 Å². The number of carbonyl (C=O) groups excluding carboxylic acids is 1. The zero-order chi connectivity index (χ0) is 10.4. The summed E-state index contributed by atoms with van der Waals surface area (Å²) >= 11 is 0. The highest BCUT2D eigenvalue weighted by Gasteiger charge is 2.11. The number of terminal acetylenes is 1. The second-order valence-electron chi connectivity index (χ2n) is 2.44. The van der Waals surface area contributed by atoms with Gasteiger partial charge in [-0.05, 0) is 13.8 Å². The molecule has 4 heteroatoms. The summed E-state index contributed by atoms with van der Waals surface area (Å²) in [6, 6.07) is 0. The molecule has 0 saturated carbocycles. The Kier molecular flexibility index (Phi) is 4.31. The number of hydrogen-bond acceptors (Lipinski definition) is 2. The van der Waals surface area contributed by atoms with Crippen molar-refractivity contribution >= 4 is 11.9 Å². The molecule has 4 nitrogen and oxygen atoms in total. The van der Waals surface area contributed by atoms with E-state index in [2.05, 4.69) is 11.2 Å². The number of hydrogen-bond donors (Lipinski definition) is 2. The van der Waals surface area contributed by atoms with Crippen molar-refractivity contribution in [2.75, 3.05) is 6.54 Å². The van der Waals surface area contributed by atoms with Crippen LogP contribution in [0.2, 0.25) is 0 Å². The first-order valence-electron chi connectivity index (χ1n) is 3.63. The van der Waals surface area contributed by atoms with Gasteiger partial charge in [0.1, 0.15) is 0 Å². The highest BCUT2D eigenvalue weighted by atomic mass is 16.4. The minimum Gasteiger partial charge on any atom is -0.478 e. The molecule has 0 aromatic heterocycles. The number of carboxylic acids is 1. The van der Waals surface area contributed by atoms with Crippen molar-refractivity contribution < 1.29 is 14.7 Å². The lowest BCUT2D eigenvalue weighted by Crippen LogP contribution is -2.25. The predicted octanol–water partition coefficient (Wildman–Crippen LogP) is 0.157. The fraction of sp³-hybridized carbons (Fsp3) is 0.333. The fourth-order valence-corrected chi connectivity index (χ4v) is 0.595. The second kappa shape index (κ2) is 4.99. The maximum atomic E-state index is 11.1. The van der Waals surface area contributed by atoms with E-state index >= 15 is 0 Å². The second-order valence-corrected chi connectivity index (χ2v) is 2.44. The van der Waals surface area contributed by atoms with Crippen LogP contribution in [0.1, 0.15) is 13.8 Å². The van der Waals surface area contributed by atoms with Crippen LogP contribution in [0, 0.1) is 12.3 Å². The standard InChI is InChI=1S/C9H11NO3/c1-4-5-10-8(11)6(2)7(3)9(12)13/h1H,5H2,2-3H3,(H,10,11)(H,12,13)/b7-6-. The van der Waals surface area contributed by atoms with Crippen LogP contribution < -0.4 is 5.32 Å². The van der Waals surface area contributed by atoms with E-state index in [1.54, 1.807) is 0 Å². The third-order valence-corrected chi connectivity index (χ3v) is 1.57. The minimum absolute atomic E-state index is 0.0227. The molecule has 0 aliphatic carbocycles. The van der Waals surface area contributed by atoms with Crippen molar-refractivity contribution in [2.45, 2.75) is 13.8 Å². The maximum Gasteiger partial charge on any atom is 0.331 e. The molecule has 1 amide bonds. The zero-order valence-electron chi connectivity index (χ0n) is 7.55. The SMILES string of the molecule is C#CCNC(=O)/C(C)=C(/C)C(=O)O. The van der Waals surface area contributed by atoms with Crippen LogP contribution >= 0.6 is 0 Å². The molecule has 13 heavy (non-hydrogen) atoms. The van der Waals surface area contributed by atoms with Crippen molar-refractivity contribution in [1.82, 2.24) is 5.32 Å². The molecule has 0 fully saturated rings. The average molecular weight is 181 g/mol. The summed E-state index contributed by atoms with van der Waals surface area (Å²) in [4.78, 5) is 21.6. The molecule has 0 saturated heterocycles. The summed E-state index contributed by atoms with van der Waals surface area (Å²) in [5.74, 6) is 0.670. The number of nitrogens with one attached hydrogen (secondary N) is 1. The number of amides is 1. The van der Waals surface area contributed by atoms with Crippen LogP contribution in [-0.4, -0.2) is 23.5 Å². The van der Waals surface area contributed by atoms with Crippen molar-refractivity contribution in [1.29, 1.82) is 0 Å². The van der Waals surface area contributed by atoms with Gasteiger partial charge in [0.2, 0.25) is 5.91 Å². The maximum absolute atomic E-state index is 11.1. The molecule has 0 aliphatic heterocycles. The third-order valence-electron chi connectivity index (χ3n) is 1.57. The van der Waals surface area contributed by atoms with Gasteiger partial charge in [-0.3, -0.25) is 4.79 Å². The Labute approximate surface area is 76.6 Å². The molecule has 0 atom stereocenters. The summed E-state index contributed by atoms with van der Waals surface area (Å²) < 4.78 is 0. The Hall–Kier alpha value is -1.76. The van der Waals surface area contributed by atoms with Gasteiger partial charge in [0.05, 0.1) is 6.54 Å². The fourth-order valence-electron chi connectivity index (χ4n) is 0.595. The van der Waals surface area contributed by atoms with Crippen LogP contribution in [0.4, 0.5) is 0 Å². The first-order chi connectivity index (χ1) is 6.00. The summed E-state index contributed by atoms with van der Waals surface area (Å²) in [5.41, 5.74) is 0.192. The molecule has 0 aromatic rings. The van der Waals surface area contributed by atoms with E-state index < -0.39 is 11.9 Å². The average Bonchev–Trinajstić information content (AvgIpc) is 2.11. The number of carboxylic acid groups (broad SMARTS) is 1. The Balaban J connectivity index is 4.51. The first-order valence-corrected chi connectivity index (χ1v) is 3.63. The molecule has 70 valence electrons. The van der Waals surface area contributed by atoms with Crippen LogP contribution in [-0.2, 0) is 9.59 Å². The van der Waals surface area contributed by atoms with Gasteiger partial charge in [0.25, 0.3) is 0 Å². The lowest BCUT2D eigenvalue weighted by atomic mass is 10.1. The Morgan fingerprint density at radius 2 is 1.92 bits per heavy atom. The van der Waals surface area contributed by atoms with Gasteiger partial charge in [-0.1, -0.05) is 5.92 Å². The summed E-state index contributed by atoms with van der Waals surface area (Å²) in [7, 11) is 0. The minimum atomic E-state index is -1.10. The van der Waals surface area contributed by atoms with E-state index in [0.29, 0.717) is 0 Å². The summed E-state index contributed by atoms with van der Waals surface area (Å²) in [6.07, 6.45) is 4.92. The molecule has 0 spiro atoms. The lowest BCUT2D eigenvalue weighted by molar-refractivity contribution is -0.133. The third kappa shape index (κ3) is 3.43. The molecule has 0 aromatic carbocycles. The molecule has 0 radical (unpaired) electrons. The zero-order valence-corrected chi connectivity index (χ0v) is 7.55. The molecule has 0 aliphatic rings. The Morgan fingerprint density at radius 3 is 2.31 bits per heavy atom. The Morgan fingerprint density at radius 1 is 1.38 bits per heavy atom. The molecule has 2 N–H and O–H groups in total. The van der Waals surface area contributed by atoms with E-state index in [4.69, 9.17) is 11.5 Å². The van der Waals surface area contributed by atoms with Gasteiger partial charge in [0.15, 0.2) is 0 Å². The van der Waals surface area contributed by atoms with Crippen molar-refractivity contribution in [2.24, 2.45) is 0 Å². The number of rotatable bonds is 3. The molecular formula is C9H11NO3. The van der Waals surface area contributed by atoms with Crippen molar-refractivity contribution in [3.05, 3.63) is 11.1 Å². The van der Waals surface area contributed by atoms with E-state index in [1.165, 1.54) is 13.8 Å². The van der Waals surface area contributed by atoms with E-state index in [1.807, 2.05) is 0 Å². The molecular weight excluding hydrogens is 170 g/mol. The first kappa shape index (κ1) is 11.2. The van der Waals surface area contributed by atoms with Crippen molar-refractivity contribution in [3.63, 3.8) is 0 Å². The molecule has 0 rings (SSSR count). The van der Waals surface area contributed by atoms with Crippen LogP contribution in [0.15, 0.2) is 11.1 Å². The topological polar surface area (TPSA) is 66.4 Å². The van der Waals surface area contributed by atoms with Crippen LogP contribution in [0.5, 0.6) is 0 Å². The van der Waals surface area contributed by atoms with Gasteiger partial charge in [0, 0.05) is 11.1 Å². The lowest BCUT2D eigenvalue weighted by Gasteiger charge is -2.03. The highest BCUT2D eigenvalue weighted by Crippen LogP contribution is 2.02. The smallest absolute Gasteiger partial charge is 0.331 e. The monoisotopic (exact) mass is 181 g/mol. The summed E-state index contributed by atoms with van der Waals surface area (Å²) in [6.45, 7) is 2.91. The summed E-state index contributed by atoms with van der Waals surface area (Å²) in [5, 5.41) is 10.9. The molecule has 0 unspecified atom stereocenters.